The highest BCUT2D eigenvalue weighted by Crippen LogP contribution is 2.37. The minimum absolute atomic E-state index is 0.608. The number of hydrogen-bond acceptors (Lipinski definition) is 5. The highest BCUT2D eigenvalue weighted by Gasteiger charge is 2.18. The fourth-order valence-corrected chi connectivity index (χ4v) is 6.92. The van der Waals surface area contributed by atoms with Gasteiger partial charge in [0.2, 0.25) is 0 Å². The molecule has 5 aromatic carbocycles. The van der Waals surface area contributed by atoms with Crippen molar-refractivity contribution in [2.24, 2.45) is 0 Å². The minimum Gasteiger partial charge on any atom is -0.299 e. The van der Waals surface area contributed by atoms with Gasteiger partial charge in [-0.15, -0.1) is 0 Å². The van der Waals surface area contributed by atoms with Crippen LogP contribution in [0.1, 0.15) is 11.4 Å². The van der Waals surface area contributed by atoms with Gasteiger partial charge in [0.15, 0.2) is 17.5 Å². The first-order valence-corrected chi connectivity index (χ1v) is 17.7. The maximum atomic E-state index is 5.09. The van der Waals surface area contributed by atoms with E-state index >= 15 is 0 Å². The molecule has 6 heteroatoms. The molecule has 0 fully saturated rings. The summed E-state index contributed by atoms with van der Waals surface area (Å²) in [6.07, 6.45) is 2.08. The summed E-state index contributed by atoms with van der Waals surface area (Å²) in [4.78, 5) is 24.8. The standard InChI is InChI=1S/C47H34N6/c1-31-26-38(27-32(2)48-31)40-28-39(29-41(30-40)47-51-45(36-16-8-4-9-17-36)50-46(52-47)37-18-10-5-11-19-37)33-21-23-34(24-22-33)43-44(35-14-6-3-7-15-35)53-25-13-12-20-42(53)49-43/h3-30H,1-2H3. The number of rotatable bonds is 7. The average molecular weight is 683 g/mol. The van der Waals surface area contributed by atoms with Gasteiger partial charge in [0.25, 0.3) is 0 Å². The van der Waals surface area contributed by atoms with E-state index in [2.05, 4.69) is 94.4 Å². The molecule has 0 atom stereocenters. The monoisotopic (exact) mass is 682 g/mol. The van der Waals surface area contributed by atoms with Crippen molar-refractivity contribution in [2.45, 2.75) is 13.8 Å². The van der Waals surface area contributed by atoms with E-state index in [0.29, 0.717) is 17.5 Å². The lowest BCUT2D eigenvalue weighted by Crippen LogP contribution is -2.00. The molecule has 0 saturated carbocycles. The summed E-state index contributed by atoms with van der Waals surface area (Å²) in [7, 11) is 0. The Morgan fingerprint density at radius 3 is 1.38 bits per heavy atom. The summed E-state index contributed by atoms with van der Waals surface area (Å²) in [6, 6.07) is 56.3. The van der Waals surface area contributed by atoms with E-state index in [0.717, 1.165) is 78.5 Å². The van der Waals surface area contributed by atoms with E-state index in [1.807, 2.05) is 98.8 Å². The highest BCUT2D eigenvalue weighted by molar-refractivity contribution is 5.85. The van der Waals surface area contributed by atoms with Crippen molar-refractivity contribution in [2.75, 3.05) is 0 Å². The van der Waals surface area contributed by atoms with Crippen LogP contribution in [0.3, 0.4) is 0 Å². The number of aromatic nitrogens is 6. The van der Waals surface area contributed by atoms with Crippen LogP contribution in [0.4, 0.5) is 0 Å². The summed E-state index contributed by atoms with van der Waals surface area (Å²) in [5, 5.41) is 0. The van der Waals surface area contributed by atoms with E-state index in [4.69, 9.17) is 19.9 Å². The van der Waals surface area contributed by atoms with Crippen LogP contribution in [0.15, 0.2) is 170 Å². The van der Waals surface area contributed by atoms with Crippen LogP contribution in [0, 0.1) is 13.8 Å². The van der Waals surface area contributed by atoms with Crippen LogP contribution in [0.2, 0.25) is 0 Å². The molecule has 0 radical (unpaired) electrons. The number of pyridine rings is 2. The Labute approximate surface area is 308 Å². The largest absolute Gasteiger partial charge is 0.299 e. The van der Waals surface area contributed by atoms with Crippen molar-refractivity contribution in [3.63, 3.8) is 0 Å². The molecule has 4 aromatic heterocycles. The Kier molecular flexibility index (Phi) is 8.18. The first kappa shape index (κ1) is 31.9. The molecule has 9 aromatic rings. The molecule has 0 aliphatic rings. The molecule has 4 heterocycles. The molecule has 53 heavy (non-hydrogen) atoms. The highest BCUT2D eigenvalue weighted by atomic mass is 15.0. The zero-order valence-electron chi connectivity index (χ0n) is 29.3. The Hall–Kier alpha value is -7.05. The number of fused-ring (bicyclic) bond motifs is 1. The lowest BCUT2D eigenvalue weighted by molar-refractivity contribution is 1.07. The van der Waals surface area contributed by atoms with Crippen LogP contribution in [-0.4, -0.2) is 29.3 Å². The smallest absolute Gasteiger partial charge is 0.164 e. The van der Waals surface area contributed by atoms with Gasteiger partial charge in [0.05, 0.1) is 11.4 Å². The number of imidazole rings is 1. The summed E-state index contributed by atoms with van der Waals surface area (Å²) < 4.78 is 2.16. The Morgan fingerprint density at radius 1 is 0.340 bits per heavy atom. The van der Waals surface area contributed by atoms with Gasteiger partial charge < -0.3 is 0 Å². The zero-order valence-corrected chi connectivity index (χ0v) is 29.3. The Morgan fingerprint density at radius 2 is 0.792 bits per heavy atom. The van der Waals surface area contributed by atoms with Gasteiger partial charge in [-0.3, -0.25) is 9.38 Å². The molecule has 252 valence electrons. The average Bonchev–Trinajstić information content (AvgIpc) is 3.61. The van der Waals surface area contributed by atoms with Gasteiger partial charge in [-0.05, 0) is 78.6 Å². The number of nitrogens with zero attached hydrogens (tertiary/aromatic N) is 6. The molecular formula is C47H34N6. The van der Waals surface area contributed by atoms with Crippen LogP contribution >= 0.6 is 0 Å². The van der Waals surface area contributed by atoms with Crippen molar-refractivity contribution < 1.29 is 0 Å². The number of hydrogen-bond donors (Lipinski definition) is 0. The van der Waals surface area contributed by atoms with Crippen LogP contribution < -0.4 is 0 Å². The maximum absolute atomic E-state index is 5.09. The fraction of sp³-hybridized carbons (Fsp3) is 0.0426. The zero-order chi connectivity index (χ0) is 35.7. The van der Waals surface area contributed by atoms with E-state index in [1.165, 1.54) is 0 Å². The van der Waals surface area contributed by atoms with Gasteiger partial charge in [0, 0.05) is 45.4 Å². The molecule has 0 aliphatic heterocycles. The minimum atomic E-state index is 0.608. The quantitative estimate of drug-likeness (QED) is 0.167. The third-order valence-electron chi connectivity index (χ3n) is 9.37. The van der Waals surface area contributed by atoms with Gasteiger partial charge in [0.1, 0.15) is 5.65 Å². The molecular weight excluding hydrogens is 649 g/mol. The second-order valence-corrected chi connectivity index (χ2v) is 13.2. The van der Waals surface area contributed by atoms with Crippen molar-refractivity contribution in [1.29, 1.82) is 0 Å². The second kappa shape index (κ2) is 13.6. The van der Waals surface area contributed by atoms with Gasteiger partial charge in [-0.2, -0.15) is 0 Å². The van der Waals surface area contributed by atoms with Gasteiger partial charge >= 0.3 is 0 Å². The van der Waals surface area contributed by atoms with Crippen LogP contribution in [0.25, 0.3) is 84.6 Å². The third kappa shape index (κ3) is 6.39. The van der Waals surface area contributed by atoms with E-state index in [-0.39, 0.29) is 0 Å². The fourth-order valence-electron chi connectivity index (χ4n) is 6.92. The van der Waals surface area contributed by atoms with Crippen LogP contribution in [-0.2, 0) is 0 Å². The van der Waals surface area contributed by atoms with Crippen LogP contribution in [0.5, 0.6) is 0 Å². The van der Waals surface area contributed by atoms with E-state index in [1.54, 1.807) is 0 Å². The lowest BCUT2D eigenvalue weighted by atomic mass is 9.94. The van der Waals surface area contributed by atoms with Gasteiger partial charge in [-0.25, -0.2) is 19.9 Å². The molecule has 0 spiro atoms. The predicted molar refractivity (Wildman–Crippen MR) is 214 cm³/mol. The topological polar surface area (TPSA) is 68.9 Å². The van der Waals surface area contributed by atoms with Crippen molar-refractivity contribution in [3.05, 3.63) is 181 Å². The summed E-state index contributed by atoms with van der Waals surface area (Å²) in [5.41, 5.74) is 14.1. The first-order valence-electron chi connectivity index (χ1n) is 17.7. The Balaban J connectivity index is 1.20. The Bertz CT molecular complexity index is 2640. The molecule has 0 unspecified atom stereocenters. The molecule has 0 amide bonds. The molecule has 6 nitrogen and oxygen atoms in total. The predicted octanol–water partition coefficient (Wildman–Crippen LogP) is 11.2. The van der Waals surface area contributed by atoms with E-state index < -0.39 is 0 Å². The van der Waals surface area contributed by atoms with E-state index in [9.17, 15) is 0 Å². The molecule has 0 aliphatic carbocycles. The first-order chi connectivity index (χ1) is 26.1. The van der Waals surface area contributed by atoms with Crippen molar-refractivity contribution in [3.8, 4) is 78.9 Å². The number of benzene rings is 5. The molecule has 9 rings (SSSR count). The second-order valence-electron chi connectivity index (χ2n) is 13.2. The number of aryl methyl sites for hydroxylation is 2. The third-order valence-corrected chi connectivity index (χ3v) is 9.37. The summed E-state index contributed by atoms with van der Waals surface area (Å²) in [6.45, 7) is 4.07. The summed E-state index contributed by atoms with van der Waals surface area (Å²) >= 11 is 0. The molecule has 0 saturated heterocycles. The summed E-state index contributed by atoms with van der Waals surface area (Å²) in [5.74, 6) is 1.86. The maximum Gasteiger partial charge on any atom is 0.164 e. The van der Waals surface area contributed by atoms with Crippen molar-refractivity contribution in [1.82, 2.24) is 29.3 Å². The molecule has 0 N–H and O–H groups in total. The normalized spacial score (nSPS) is 11.2. The lowest BCUT2D eigenvalue weighted by Gasteiger charge is -2.13. The molecule has 0 bridgehead atoms. The van der Waals surface area contributed by atoms with Crippen molar-refractivity contribution >= 4 is 5.65 Å². The SMILES string of the molecule is Cc1cc(-c2cc(-c3ccc(-c4nc5ccccn5c4-c4ccccc4)cc3)cc(-c3nc(-c4ccccc4)nc(-c4ccccc4)n3)c2)cc(C)n1. The van der Waals surface area contributed by atoms with Gasteiger partial charge in [-0.1, -0.05) is 121 Å².